The van der Waals surface area contributed by atoms with Crippen LogP contribution in [0.15, 0.2) is 71.8 Å². The van der Waals surface area contributed by atoms with E-state index in [1.807, 2.05) is 24.3 Å². The monoisotopic (exact) mass is 509 g/mol. The van der Waals surface area contributed by atoms with Gasteiger partial charge in [0.1, 0.15) is 25.0 Å². The minimum Gasteiger partial charge on any atom is -0.497 e. The number of hydrogen-bond donors (Lipinski definition) is 0. The summed E-state index contributed by atoms with van der Waals surface area (Å²) in [5, 5.41) is 6.26. The lowest BCUT2D eigenvalue weighted by Gasteiger charge is -2.34. The molecule has 2 amide bonds. The van der Waals surface area contributed by atoms with Gasteiger partial charge in [-0.25, -0.2) is 4.90 Å². The fourth-order valence-corrected chi connectivity index (χ4v) is 6.02. The zero-order valence-corrected chi connectivity index (χ0v) is 20.4. The summed E-state index contributed by atoms with van der Waals surface area (Å²) in [7, 11) is 1.55. The number of anilines is 1. The molecule has 0 saturated carbocycles. The molecular weight excluding hydrogens is 486 g/mol. The van der Waals surface area contributed by atoms with Gasteiger partial charge in [-0.3, -0.25) is 19.4 Å². The maximum Gasteiger partial charge on any atom is 0.240 e. The van der Waals surface area contributed by atoms with Gasteiger partial charge >= 0.3 is 0 Å². The van der Waals surface area contributed by atoms with E-state index in [0.29, 0.717) is 41.7 Å². The minimum atomic E-state index is -0.943. The molecule has 0 aromatic heterocycles. The number of rotatable bonds is 4. The van der Waals surface area contributed by atoms with E-state index in [1.165, 1.54) is 4.90 Å². The Balaban J connectivity index is 1.33. The van der Waals surface area contributed by atoms with Gasteiger partial charge in [0, 0.05) is 11.6 Å². The van der Waals surface area contributed by atoms with Crippen LogP contribution in [-0.4, -0.2) is 55.2 Å². The molecule has 2 fully saturated rings. The molecule has 4 atom stereocenters. The molecule has 3 aromatic rings. The summed E-state index contributed by atoms with van der Waals surface area (Å²) in [6, 6.07) is 17.9. The fourth-order valence-electron chi connectivity index (χ4n) is 6.02. The number of amides is 2. The van der Waals surface area contributed by atoms with Crippen molar-refractivity contribution in [3.05, 3.63) is 83.4 Å². The fraction of sp³-hybridized carbons (Fsp3) is 0.241. The first kappa shape index (κ1) is 22.5. The summed E-state index contributed by atoms with van der Waals surface area (Å²) < 4.78 is 16.5. The number of benzene rings is 3. The number of methoxy groups -OCH3 is 1. The first-order valence-corrected chi connectivity index (χ1v) is 12.4. The van der Waals surface area contributed by atoms with Gasteiger partial charge in [-0.1, -0.05) is 24.3 Å². The molecule has 4 heterocycles. The molecule has 9 nitrogen and oxygen atoms in total. The third kappa shape index (κ3) is 3.17. The van der Waals surface area contributed by atoms with Crippen LogP contribution in [0, 0.1) is 11.8 Å². The highest BCUT2D eigenvalue weighted by molar-refractivity contribution is 6.24. The highest BCUT2D eigenvalue weighted by Crippen LogP contribution is 2.53. The van der Waals surface area contributed by atoms with Crippen molar-refractivity contribution in [2.24, 2.45) is 16.9 Å². The Morgan fingerprint density at radius 3 is 2.45 bits per heavy atom. The Morgan fingerprint density at radius 1 is 0.921 bits per heavy atom. The smallest absolute Gasteiger partial charge is 0.240 e. The number of fused-ring (bicyclic) bond motifs is 6. The number of hydrazone groups is 1. The summed E-state index contributed by atoms with van der Waals surface area (Å²) in [6.45, 7) is 0.818. The van der Waals surface area contributed by atoms with Crippen molar-refractivity contribution < 1.29 is 28.6 Å². The van der Waals surface area contributed by atoms with E-state index < -0.39 is 29.8 Å². The van der Waals surface area contributed by atoms with E-state index in [4.69, 9.17) is 14.2 Å². The van der Waals surface area contributed by atoms with Crippen LogP contribution in [0.1, 0.15) is 27.5 Å². The Bertz CT molecular complexity index is 1520. The summed E-state index contributed by atoms with van der Waals surface area (Å²) >= 11 is 0. The molecule has 4 aliphatic rings. The highest BCUT2D eigenvalue weighted by atomic mass is 16.6. The average molecular weight is 510 g/mol. The number of carbonyl (C=O) groups is 3. The third-order valence-electron chi connectivity index (χ3n) is 7.72. The van der Waals surface area contributed by atoms with Crippen LogP contribution in [0.2, 0.25) is 0 Å². The molecule has 0 radical (unpaired) electrons. The number of carbonyl (C=O) groups excluding carboxylic acids is 3. The van der Waals surface area contributed by atoms with E-state index in [0.717, 1.165) is 11.1 Å². The van der Waals surface area contributed by atoms with E-state index in [9.17, 15) is 14.4 Å². The van der Waals surface area contributed by atoms with Crippen molar-refractivity contribution in [1.29, 1.82) is 0 Å². The highest BCUT2D eigenvalue weighted by Gasteiger charge is 2.65. The molecule has 0 bridgehead atoms. The zero-order chi connectivity index (χ0) is 26.0. The quantitative estimate of drug-likeness (QED) is 0.394. The topological polar surface area (TPSA) is 97.7 Å². The lowest BCUT2D eigenvalue weighted by molar-refractivity contribution is -0.124. The zero-order valence-electron chi connectivity index (χ0n) is 20.4. The first-order valence-electron chi connectivity index (χ1n) is 12.4. The molecule has 38 heavy (non-hydrogen) atoms. The van der Waals surface area contributed by atoms with E-state index in [-0.39, 0.29) is 11.7 Å². The summed E-state index contributed by atoms with van der Waals surface area (Å²) in [5.41, 5.74) is 2.55. The molecular formula is C29H23N3O6. The largest absolute Gasteiger partial charge is 0.497 e. The molecule has 0 N–H and O–H groups in total. The Kier molecular flexibility index (Phi) is 5.01. The van der Waals surface area contributed by atoms with Gasteiger partial charge in [0.25, 0.3) is 0 Å². The average Bonchev–Trinajstić information content (AvgIpc) is 3.44. The SMILES string of the molecule is COc1ccc(C(=O)[C@H]2[C@@H]3C(=O)N(c4ccc5c(c4)OCCO5)C(=O)[C@@H]3[C@H]3c4ccccc4C=NN32)cc1. The summed E-state index contributed by atoms with van der Waals surface area (Å²) in [6.07, 6.45) is 1.69. The van der Waals surface area contributed by atoms with Gasteiger partial charge in [-0.2, -0.15) is 5.10 Å². The number of Topliss-reactive ketones (excluding diaryl/α,β-unsaturated/α-hetero) is 1. The second-order valence-corrected chi connectivity index (χ2v) is 9.63. The molecule has 190 valence electrons. The standard InChI is InChI=1S/C29H23N3O6/c1-36-19-9-6-16(7-10-19)27(33)26-24-23(25-20-5-3-2-4-17(20)15-30-32(25)26)28(34)31(29(24)35)18-8-11-21-22(14-18)38-13-12-37-21/h2-11,14-15,23-26H,12-13H2,1H3/t23-,24+,25+,26+/m0/s1. The van der Waals surface area contributed by atoms with Gasteiger partial charge in [0.15, 0.2) is 17.3 Å². The number of imide groups is 1. The number of ketones is 1. The van der Waals surface area contributed by atoms with Crippen molar-refractivity contribution in [3.8, 4) is 17.2 Å². The van der Waals surface area contributed by atoms with Crippen LogP contribution in [0.4, 0.5) is 5.69 Å². The summed E-state index contributed by atoms with van der Waals surface area (Å²) in [5.74, 6) is -1.08. The molecule has 0 aliphatic carbocycles. The van der Waals surface area contributed by atoms with Crippen molar-refractivity contribution in [2.75, 3.05) is 25.2 Å². The Hall–Kier alpha value is -4.66. The van der Waals surface area contributed by atoms with Gasteiger partial charge in [-0.15, -0.1) is 0 Å². The molecule has 3 aromatic carbocycles. The van der Waals surface area contributed by atoms with Crippen molar-refractivity contribution in [1.82, 2.24) is 5.01 Å². The van der Waals surface area contributed by atoms with Crippen molar-refractivity contribution in [3.63, 3.8) is 0 Å². The van der Waals surface area contributed by atoms with E-state index in [1.54, 1.807) is 60.8 Å². The van der Waals surface area contributed by atoms with Crippen LogP contribution in [0.5, 0.6) is 17.2 Å². The lowest BCUT2D eigenvalue weighted by Crippen LogP contribution is -2.44. The van der Waals surface area contributed by atoms with Gasteiger partial charge < -0.3 is 14.2 Å². The third-order valence-corrected chi connectivity index (χ3v) is 7.72. The second kappa shape index (κ2) is 8.44. The van der Waals surface area contributed by atoms with Crippen LogP contribution in [0.3, 0.4) is 0 Å². The van der Waals surface area contributed by atoms with Crippen molar-refractivity contribution >= 4 is 29.5 Å². The van der Waals surface area contributed by atoms with Gasteiger partial charge in [-0.05, 0) is 47.5 Å². The van der Waals surface area contributed by atoms with Crippen LogP contribution >= 0.6 is 0 Å². The van der Waals surface area contributed by atoms with Crippen molar-refractivity contribution in [2.45, 2.75) is 12.1 Å². The predicted molar refractivity (Wildman–Crippen MR) is 137 cm³/mol. The molecule has 0 spiro atoms. The summed E-state index contributed by atoms with van der Waals surface area (Å²) in [4.78, 5) is 43.3. The maximum absolute atomic E-state index is 14.1. The normalized spacial score (nSPS) is 24.7. The van der Waals surface area contributed by atoms with Crippen LogP contribution in [-0.2, 0) is 9.59 Å². The van der Waals surface area contributed by atoms with E-state index >= 15 is 0 Å². The minimum absolute atomic E-state index is 0.271. The van der Waals surface area contributed by atoms with Crippen LogP contribution in [0.25, 0.3) is 0 Å². The van der Waals surface area contributed by atoms with Gasteiger partial charge in [0.05, 0.1) is 36.9 Å². The molecule has 7 rings (SSSR count). The maximum atomic E-state index is 14.1. The number of ether oxygens (including phenoxy) is 3. The number of hydrogen-bond acceptors (Lipinski definition) is 8. The molecule has 9 heteroatoms. The Morgan fingerprint density at radius 2 is 1.66 bits per heavy atom. The Labute approximate surface area is 218 Å². The first-order chi connectivity index (χ1) is 18.6. The number of nitrogens with zero attached hydrogens (tertiary/aromatic N) is 3. The molecule has 2 saturated heterocycles. The molecule has 0 unspecified atom stereocenters. The van der Waals surface area contributed by atoms with E-state index in [2.05, 4.69) is 5.10 Å². The van der Waals surface area contributed by atoms with Gasteiger partial charge in [0.2, 0.25) is 11.8 Å². The second-order valence-electron chi connectivity index (χ2n) is 9.63. The van der Waals surface area contributed by atoms with Crippen LogP contribution < -0.4 is 19.1 Å². The predicted octanol–water partition coefficient (Wildman–Crippen LogP) is 3.23. The molecule has 4 aliphatic heterocycles. The lowest BCUT2D eigenvalue weighted by atomic mass is 9.83.